The van der Waals surface area contributed by atoms with E-state index in [-0.39, 0.29) is 17.3 Å². The summed E-state index contributed by atoms with van der Waals surface area (Å²) in [5, 5.41) is 7.02. The lowest BCUT2D eigenvalue weighted by molar-refractivity contribution is -0.114. The second kappa shape index (κ2) is 8.78. The average molecular weight is 449 g/mol. The Morgan fingerprint density at radius 1 is 1.18 bits per heavy atom. The maximum Gasteiger partial charge on any atom is 0.342 e. The Bertz CT molecular complexity index is 1140. The molecule has 2 saturated heterocycles. The molecule has 4 heterocycles. The lowest BCUT2D eigenvalue weighted by Crippen LogP contribution is -2.58. The van der Waals surface area contributed by atoms with E-state index < -0.39 is 0 Å². The van der Waals surface area contributed by atoms with Gasteiger partial charge < -0.3 is 19.9 Å². The molecule has 3 aromatic rings. The minimum Gasteiger partial charge on any atom is -0.400 e. The molecule has 172 valence electrons. The number of nitrogens with zero attached hydrogens (tertiary/aromatic N) is 7. The molecule has 10 heteroatoms. The Hall–Kier alpha value is -3.53. The van der Waals surface area contributed by atoms with E-state index in [1.807, 2.05) is 12.1 Å². The van der Waals surface area contributed by atoms with Gasteiger partial charge in [-0.15, -0.1) is 5.10 Å². The standard InChI is InChI=1S/C23H28N8O2/c1-17(32)27-19-5-3-4-18(12-19)6-10-30-11-7-23(13-30)14-31(15-23)20-21(25-9-8-24-20)33-22-26-16-29(2)28-22/h3-5,8-9,12,16H,6-7,10-11,13-15H2,1-2H3,(H,27,32). The summed E-state index contributed by atoms with van der Waals surface area (Å²) >= 11 is 0. The first-order valence-corrected chi connectivity index (χ1v) is 11.2. The van der Waals surface area contributed by atoms with E-state index in [4.69, 9.17) is 4.74 Å². The second-order valence-electron chi connectivity index (χ2n) is 9.00. The fraction of sp³-hybridized carbons (Fsp3) is 0.435. The van der Waals surface area contributed by atoms with E-state index in [1.165, 1.54) is 18.9 Å². The zero-order chi connectivity index (χ0) is 22.8. The van der Waals surface area contributed by atoms with Crippen molar-refractivity contribution in [2.75, 3.05) is 42.9 Å². The lowest BCUT2D eigenvalue weighted by Gasteiger charge is -2.48. The topological polar surface area (TPSA) is 101 Å². The number of hydrogen-bond acceptors (Lipinski definition) is 8. The second-order valence-corrected chi connectivity index (χ2v) is 9.00. The molecule has 1 aromatic carbocycles. The van der Waals surface area contributed by atoms with Gasteiger partial charge in [0, 0.05) is 63.6 Å². The van der Waals surface area contributed by atoms with Crippen molar-refractivity contribution in [1.82, 2.24) is 29.6 Å². The SMILES string of the molecule is CC(=O)Nc1cccc(CCN2CCC3(C2)CN(c2nccnc2Oc2ncn(C)n2)C3)c1. The molecule has 2 aliphatic rings. The number of anilines is 2. The van der Waals surface area contributed by atoms with Crippen molar-refractivity contribution >= 4 is 17.4 Å². The van der Waals surface area contributed by atoms with Crippen LogP contribution >= 0.6 is 0 Å². The zero-order valence-corrected chi connectivity index (χ0v) is 18.9. The van der Waals surface area contributed by atoms with Crippen molar-refractivity contribution in [1.29, 1.82) is 0 Å². The minimum absolute atomic E-state index is 0.0452. The average Bonchev–Trinajstić information content (AvgIpc) is 3.38. The maximum atomic E-state index is 11.3. The van der Waals surface area contributed by atoms with E-state index in [0.29, 0.717) is 5.88 Å². The summed E-state index contributed by atoms with van der Waals surface area (Å²) in [5.74, 6) is 1.13. The maximum absolute atomic E-state index is 11.3. The molecule has 0 bridgehead atoms. The van der Waals surface area contributed by atoms with Crippen LogP contribution in [0.2, 0.25) is 0 Å². The molecule has 1 spiro atoms. The van der Waals surface area contributed by atoms with Gasteiger partial charge in [-0.1, -0.05) is 12.1 Å². The molecule has 2 aromatic heterocycles. The van der Waals surface area contributed by atoms with Gasteiger partial charge >= 0.3 is 6.01 Å². The minimum atomic E-state index is -0.0452. The monoisotopic (exact) mass is 448 g/mol. The van der Waals surface area contributed by atoms with Crippen LogP contribution in [0.3, 0.4) is 0 Å². The largest absolute Gasteiger partial charge is 0.400 e. The van der Waals surface area contributed by atoms with Gasteiger partial charge in [0.25, 0.3) is 5.88 Å². The summed E-state index contributed by atoms with van der Waals surface area (Å²) in [5.41, 5.74) is 2.38. The quantitative estimate of drug-likeness (QED) is 0.587. The number of likely N-dealkylation sites (tertiary alicyclic amines) is 1. The fourth-order valence-corrected chi connectivity index (χ4v) is 4.74. The summed E-state index contributed by atoms with van der Waals surface area (Å²) < 4.78 is 7.38. The highest BCUT2D eigenvalue weighted by Crippen LogP contribution is 2.43. The third-order valence-corrected chi connectivity index (χ3v) is 6.25. The number of hydrogen-bond donors (Lipinski definition) is 1. The predicted molar refractivity (Wildman–Crippen MR) is 123 cm³/mol. The number of aryl methyl sites for hydroxylation is 1. The highest BCUT2D eigenvalue weighted by molar-refractivity contribution is 5.88. The van der Waals surface area contributed by atoms with E-state index >= 15 is 0 Å². The van der Waals surface area contributed by atoms with Crippen LogP contribution < -0.4 is 15.0 Å². The van der Waals surface area contributed by atoms with Crippen LogP contribution in [0.15, 0.2) is 43.0 Å². The molecule has 33 heavy (non-hydrogen) atoms. The molecule has 0 aliphatic carbocycles. The first-order valence-electron chi connectivity index (χ1n) is 11.2. The van der Waals surface area contributed by atoms with E-state index in [2.05, 4.69) is 47.3 Å². The lowest BCUT2D eigenvalue weighted by atomic mass is 9.79. The third-order valence-electron chi connectivity index (χ3n) is 6.25. The Morgan fingerprint density at radius 3 is 2.82 bits per heavy atom. The molecular weight excluding hydrogens is 420 g/mol. The number of carbonyl (C=O) groups is 1. The molecule has 1 N–H and O–H groups in total. The summed E-state index contributed by atoms with van der Waals surface area (Å²) in [6, 6.07) is 8.37. The molecule has 1 amide bonds. The molecule has 0 unspecified atom stereocenters. The van der Waals surface area contributed by atoms with E-state index in [1.54, 1.807) is 30.5 Å². The van der Waals surface area contributed by atoms with Gasteiger partial charge in [-0.25, -0.2) is 9.97 Å². The van der Waals surface area contributed by atoms with Gasteiger partial charge in [-0.3, -0.25) is 9.48 Å². The third kappa shape index (κ3) is 4.80. The summed E-state index contributed by atoms with van der Waals surface area (Å²) in [6.45, 7) is 6.59. The number of rotatable bonds is 7. The number of aromatic nitrogens is 5. The van der Waals surface area contributed by atoms with Crippen LogP contribution in [0, 0.1) is 5.41 Å². The van der Waals surface area contributed by atoms with Gasteiger partial charge in [-0.05, 0) is 37.1 Å². The molecule has 0 saturated carbocycles. The summed E-state index contributed by atoms with van der Waals surface area (Å²) in [7, 11) is 1.79. The first kappa shape index (κ1) is 21.3. The van der Waals surface area contributed by atoms with E-state index in [0.717, 1.165) is 50.6 Å². The number of amides is 1. The molecule has 0 atom stereocenters. The molecule has 2 aliphatic heterocycles. The van der Waals surface area contributed by atoms with Crippen molar-refractivity contribution in [3.63, 3.8) is 0 Å². The van der Waals surface area contributed by atoms with Crippen LogP contribution in [-0.4, -0.2) is 68.3 Å². The first-order chi connectivity index (χ1) is 16.0. The predicted octanol–water partition coefficient (Wildman–Crippen LogP) is 2.11. The smallest absolute Gasteiger partial charge is 0.342 e. The normalized spacial score (nSPS) is 17.2. The molecule has 0 radical (unpaired) electrons. The van der Waals surface area contributed by atoms with Gasteiger partial charge in [0.15, 0.2) is 5.82 Å². The number of ether oxygens (including phenoxy) is 1. The van der Waals surface area contributed by atoms with Crippen molar-refractivity contribution < 1.29 is 9.53 Å². The highest BCUT2D eigenvalue weighted by atomic mass is 16.5. The van der Waals surface area contributed by atoms with Crippen LogP contribution in [0.4, 0.5) is 11.5 Å². The van der Waals surface area contributed by atoms with Crippen molar-refractivity contribution in [3.8, 4) is 11.9 Å². The van der Waals surface area contributed by atoms with Crippen molar-refractivity contribution in [2.45, 2.75) is 19.8 Å². The Balaban J connectivity index is 1.16. The van der Waals surface area contributed by atoms with Gasteiger partial charge in [0.05, 0.1) is 0 Å². The molecular formula is C23H28N8O2. The number of carbonyl (C=O) groups excluding carboxylic acids is 1. The number of benzene rings is 1. The summed E-state index contributed by atoms with van der Waals surface area (Å²) in [4.78, 5) is 29.0. The number of nitrogens with one attached hydrogen (secondary N) is 1. The molecule has 2 fully saturated rings. The summed E-state index contributed by atoms with van der Waals surface area (Å²) in [6.07, 6.45) is 7.04. The van der Waals surface area contributed by atoms with Crippen LogP contribution in [0.25, 0.3) is 0 Å². The van der Waals surface area contributed by atoms with Crippen molar-refractivity contribution in [3.05, 3.63) is 48.5 Å². The molecule has 10 nitrogen and oxygen atoms in total. The zero-order valence-electron chi connectivity index (χ0n) is 18.9. The van der Waals surface area contributed by atoms with Gasteiger partial charge in [0.2, 0.25) is 5.91 Å². The van der Waals surface area contributed by atoms with Crippen molar-refractivity contribution in [2.24, 2.45) is 12.5 Å². The Kier molecular flexibility index (Phi) is 5.67. The van der Waals surface area contributed by atoms with Crippen LogP contribution in [0.1, 0.15) is 18.9 Å². The fourth-order valence-electron chi connectivity index (χ4n) is 4.74. The van der Waals surface area contributed by atoms with Crippen LogP contribution in [0.5, 0.6) is 11.9 Å². The Morgan fingerprint density at radius 2 is 2.03 bits per heavy atom. The Labute approximate surface area is 192 Å². The van der Waals surface area contributed by atoms with Gasteiger partial charge in [-0.2, -0.15) is 4.98 Å². The van der Waals surface area contributed by atoms with E-state index in [9.17, 15) is 4.79 Å². The van der Waals surface area contributed by atoms with Gasteiger partial charge in [0.1, 0.15) is 6.33 Å². The van der Waals surface area contributed by atoms with Crippen LogP contribution in [-0.2, 0) is 18.3 Å². The molecule has 5 rings (SSSR count). The highest BCUT2D eigenvalue weighted by Gasteiger charge is 2.48.